The smallest absolute Gasteiger partial charge is 0.351 e. The van der Waals surface area contributed by atoms with E-state index in [0.717, 1.165) is 45.5 Å². The zero-order valence-electron chi connectivity index (χ0n) is 46.7. The maximum atomic E-state index is 13.9. The molecule has 0 radical (unpaired) electrons. The van der Waals surface area contributed by atoms with Crippen molar-refractivity contribution in [3.05, 3.63) is 175 Å². The molecule has 27 heteroatoms. The van der Waals surface area contributed by atoms with Crippen LogP contribution in [0.2, 0.25) is 0 Å². The normalized spacial score (nSPS) is 15.2. The Balaban J connectivity index is 0.747. The van der Waals surface area contributed by atoms with E-state index in [2.05, 4.69) is 40.9 Å². The summed E-state index contributed by atoms with van der Waals surface area (Å²) in [5, 5.41) is 29.7. The van der Waals surface area contributed by atoms with E-state index >= 15 is 0 Å². The fraction of sp³-hybridized carbons (Fsp3) is 0.339. The third-order valence-corrected chi connectivity index (χ3v) is 17.8. The number of amides is 4. The summed E-state index contributed by atoms with van der Waals surface area (Å²) in [5.74, 6) is -1.59. The van der Waals surface area contributed by atoms with Gasteiger partial charge in [0, 0.05) is 137 Å². The Labute approximate surface area is 495 Å². The number of piperazine rings is 2. The summed E-state index contributed by atoms with van der Waals surface area (Å²) in [6.07, 6.45) is -9.45. The van der Waals surface area contributed by atoms with Crippen LogP contribution in [0.25, 0.3) is 11.4 Å². The minimum atomic E-state index is -4.73. The van der Waals surface area contributed by atoms with Gasteiger partial charge >= 0.3 is 18.4 Å². The summed E-state index contributed by atoms with van der Waals surface area (Å²) >= 11 is 0. The Morgan fingerprint density at radius 3 is 1.10 bits per heavy atom. The number of hydrogen-bond acceptors (Lipinski definition) is 13. The highest BCUT2D eigenvalue weighted by atomic mass is 32.2. The van der Waals surface area contributed by atoms with Crippen molar-refractivity contribution in [3.63, 3.8) is 0 Å². The lowest BCUT2D eigenvalue weighted by molar-refractivity contribution is -0.138. The van der Waals surface area contributed by atoms with Crippen LogP contribution in [0.4, 0.5) is 31.1 Å². The maximum Gasteiger partial charge on any atom is 0.416 e. The molecule has 6 aromatic rings. The second-order valence-corrected chi connectivity index (χ2v) is 23.2. The van der Waals surface area contributed by atoms with Crippen LogP contribution in [0.5, 0.6) is 0 Å². The Morgan fingerprint density at radius 1 is 0.488 bits per heavy atom. The van der Waals surface area contributed by atoms with Gasteiger partial charge in [0.2, 0.25) is 0 Å². The molecular formula is C59H60F6N12O7S2. The molecule has 0 aliphatic carbocycles. The summed E-state index contributed by atoms with van der Waals surface area (Å²) in [6, 6.07) is 25.8. The van der Waals surface area contributed by atoms with Gasteiger partial charge in [-0.25, -0.2) is 13.2 Å². The molecule has 2 saturated heterocycles. The zero-order chi connectivity index (χ0) is 61.9. The van der Waals surface area contributed by atoms with Crippen LogP contribution in [0, 0.1) is 36.5 Å². The maximum absolute atomic E-state index is 13.9. The number of aromatic nitrogens is 2. The first-order valence-electron chi connectivity index (χ1n) is 27.2. The number of nitrogens with one attached hydrogen (secondary N) is 4. The molecule has 2 aliphatic heterocycles. The van der Waals surface area contributed by atoms with Gasteiger partial charge in [-0.3, -0.25) is 47.9 Å². The highest BCUT2D eigenvalue weighted by Gasteiger charge is 2.33. The standard InChI is InChI=1S/C59H60F6N12O7S2/c1-39-51(85(83)47-13-9-41(37-66)10-14-47)35-49(55(80)76(39)45-7-3-5-43(33-45)58(60,61)62)53(78)68-17-21-72-25-29-74(30-26-72)23-19-70-57(82)71-20-24-75-31-27-73(28-32-75)22-18-69-54(79)50-36-52(86(84)48-15-11-42(38-67)12-16-48)40(2)77(56(50)81)46-8-4-6-44(34-46)59(63,64)65/h3-16,33-36H,17-32H2,1-2H3,(H,68,78)(H,69,79)(H2,70,71,82). The van der Waals surface area contributed by atoms with Crippen LogP contribution < -0.4 is 32.4 Å². The molecule has 4 N–H and O–H groups in total. The highest BCUT2D eigenvalue weighted by molar-refractivity contribution is 7.85. The second kappa shape index (κ2) is 28.3. The predicted octanol–water partition coefficient (Wildman–Crippen LogP) is 5.41. The average Bonchev–Trinajstić information content (AvgIpc) is 0.891. The molecule has 0 saturated carbocycles. The van der Waals surface area contributed by atoms with E-state index in [1.54, 1.807) is 0 Å². The van der Waals surface area contributed by atoms with E-state index < -0.39 is 79.1 Å². The van der Waals surface area contributed by atoms with Gasteiger partial charge in [-0.1, -0.05) is 12.1 Å². The van der Waals surface area contributed by atoms with Crippen molar-refractivity contribution in [2.24, 2.45) is 0 Å². The van der Waals surface area contributed by atoms with Gasteiger partial charge in [0.15, 0.2) is 0 Å². The quantitative estimate of drug-likeness (QED) is 0.0701. The molecule has 8 rings (SSSR count). The van der Waals surface area contributed by atoms with Crippen molar-refractivity contribution in [2.45, 2.75) is 45.8 Å². The molecule has 2 unspecified atom stereocenters. The minimum Gasteiger partial charge on any atom is -0.351 e. The number of benzene rings is 4. The van der Waals surface area contributed by atoms with Gasteiger partial charge in [0.05, 0.1) is 65.8 Å². The number of nitriles is 2. The van der Waals surface area contributed by atoms with E-state index in [1.807, 2.05) is 12.1 Å². The Kier molecular flexibility index (Phi) is 20.9. The predicted molar refractivity (Wildman–Crippen MR) is 307 cm³/mol. The van der Waals surface area contributed by atoms with Crippen LogP contribution in [0.1, 0.15) is 54.4 Å². The molecule has 4 heterocycles. The number of halogens is 6. The molecular weight excluding hydrogens is 1170 g/mol. The molecule has 0 bridgehead atoms. The van der Waals surface area contributed by atoms with Crippen molar-refractivity contribution < 1.29 is 49.1 Å². The van der Waals surface area contributed by atoms with Crippen LogP contribution in [0.15, 0.2) is 138 Å². The molecule has 86 heavy (non-hydrogen) atoms. The number of hydrogen-bond donors (Lipinski definition) is 4. The van der Waals surface area contributed by atoms with Crippen molar-refractivity contribution >= 4 is 39.4 Å². The summed E-state index contributed by atoms with van der Waals surface area (Å²) in [4.78, 5) is 77.0. The number of rotatable bonds is 20. The summed E-state index contributed by atoms with van der Waals surface area (Å²) in [7, 11) is -4.00. The first-order chi connectivity index (χ1) is 41.0. The van der Waals surface area contributed by atoms with Gasteiger partial charge in [-0.2, -0.15) is 36.9 Å². The number of urea groups is 1. The third kappa shape index (κ3) is 15.8. The molecule has 4 aromatic carbocycles. The highest BCUT2D eigenvalue weighted by Crippen LogP contribution is 2.33. The Morgan fingerprint density at radius 2 is 0.802 bits per heavy atom. The van der Waals surface area contributed by atoms with Gasteiger partial charge in [0.1, 0.15) is 11.1 Å². The molecule has 2 aliphatic rings. The van der Waals surface area contributed by atoms with E-state index in [4.69, 9.17) is 0 Å². The Bertz CT molecular complexity index is 3500. The first-order valence-corrected chi connectivity index (χ1v) is 29.5. The van der Waals surface area contributed by atoms with Gasteiger partial charge in [0.25, 0.3) is 22.9 Å². The van der Waals surface area contributed by atoms with E-state index in [-0.39, 0.29) is 61.5 Å². The molecule has 2 aromatic heterocycles. The molecule has 19 nitrogen and oxygen atoms in total. The minimum absolute atomic E-state index is 0.0227. The number of carbonyl (C=O) groups is 3. The monoisotopic (exact) mass is 1230 g/mol. The molecule has 4 amide bonds. The summed E-state index contributed by atoms with van der Waals surface area (Å²) in [5.41, 5.74) is -4.25. The zero-order valence-corrected chi connectivity index (χ0v) is 48.4. The lowest BCUT2D eigenvalue weighted by Gasteiger charge is -2.35. The van der Waals surface area contributed by atoms with Gasteiger partial charge in [-0.05, 0) is 111 Å². The number of pyridine rings is 2. The van der Waals surface area contributed by atoms with Gasteiger partial charge in [-0.15, -0.1) is 0 Å². The van der Waals surface area contributed by atoms with E-state index in [0.29, 0.717) is 103 Å². The van der Waals surface area contributed by atoms with Crippen LogP contribution in [0.3, 0.4) is 0 Å². The van der Waals surface area contributed by atoms with E-state index in [9.17, 15) is 69.3 Å². The van der Waals surface area contributed by atoms with Crippen molar-refractivity contribution in [1.29, 1.82) is 10.5 Å². The lowest BCUT2D eigenvalue weighted by Crippen LogP contribution is -2.51. The molecule has 2 fully saturated rings. The lowest BCUT2D eigenvalue weighted by atomic mass is 10.1. The number of carbonyl (C=O) groups excluding carboxylic acids is 3. The Hall–Kier alpha value is -8.31. The molecule has 2 atom stereocenters. The summed E-state index contributed by atoms with van der Waals surface area (Å²) in [6.45, 7) is 11.2. The van der Waals surface area contributed by atoms with Crippen molar-refractivity contribution in [2.75, 3.05) is 105 Å². The SMILES string of the molecule is Cc1c(S(=O)c2ccc(C#N)cc2)cc(C(=O)NCCN2CCN(CCNC(=O)NCCN3CCN(CCNC(=O)c4cc(S(=O)c5ccc(C#N)cc5)c(C)n(-c5cccc(C(F)(F)F)c5)c4=O)CC3)CC2)c(=O)n1-c1cccc(C(F)(F)F)c1. The van der Waals surface area contributed by atoms with Crippen LogP contribution in [-0.2, 0) is 34.0 Å². The second-order valence-electron chi connectivity index (χ2n) is 20.3. The van der Waals surface area contributed by atoms with Crippen LogP contribution >= 0.6 is 0 Å². The fourth-order valence-electron chi connectivity index (χ4n) is 9.92. The summed E-state index contributed by atoms with van der Waals surface area (Å²) < 4.78 is 112. The van der Waals surface area contributed by atoms with Crippen molar-refractivity contribution in [3.8, 4) is 23.5 Å². The molecule has 0 spiro atoms. The first kappa shape index (κ1) is 63.7. The van der Waals surface area contributed by atoms with Gasteiger partial charge < -0.3 is 21.3 Å². The van der Waals surface area contributed by atoms with Crippen LogP contribution in [-0.4, -0.2) is 160 Å². The average molecular weight is 1230 g/mol. The number of nitrogens with zero attached hydrogens (tertiary/aromatic N) is 8. The number of alkyl halides is 6. The van der Waals surface area contributed by atoms with Crippen molar-refractivity contribution in [1.82, 2.24) is 50.0 Å². The third-order valence-electron chi connectivity index (χ3n) is 14.7. The topological polar surface area (TPSA) is 238 Å². The van der Waals surface area contributed by atoms with E-state index in [1.165, 1.54) is 86.6 Å². The largest absolute Gasteiger partial charge is 0.416 e. The molecule has 452 valence electrons. The fourth-order valence-corrected chi connectivity index (χ4v) is 12.4.